The second kappa shape index (κ2) is 9.47. The maximum atomic E-state index is 9.59. The van der Waals surface area contributed by atoms with Crippen LogP contribution in [0.15, 0.2) is 0 Å². The second-order valence-corrected chi connectivity index (χ2v) is 4.18. The molecule has 2 atom stereocenters. The van der Waals surface area contributed by atoms with Crippen molar-refractivity contribution in [1.82, 2.24) is 0 Å². The zero-order chi connectivity index (χ0) is 10.8. The van der Waals surface area contributed by atoms with Gasteiger partial charge in [-0.25, -0.2) is 0 Å². The summed E-state index contributed by atoms with van der Waals surface area (Å²) >= 11 is 0. The van der Waals surface area contributed by atoms with Crippen molar-refractivity contribution in [3.63, 3.8) is 0 Å². The third-order valence-electron chi connectivity index (χ3n) is 2.58. The number of hydrogen-bond acceptors (Lipinski definition) is 2. The first-order chi connectivity index (χ1) is 6.70. The van der Waals surface area contributed by atoms with E-state index in [1.165, 1.54) is 12.8 Å². The molecule has 0 unspecified atom stereocenters. The fraction of sp³-hybridized carbons (Fsp3) is 1.00. The first kappa shape index (κ1) is 13.9. The monoisotopic (exact) mass is 202 g/mol. The van der Waals surface area contributed by atoms with E-state index in [1.54, 1.807) is 0 Å². The van der Waals surface area contributed by atoms with E-state index in [0.717, 1.165) is 32.1 Å². The summed E-state index contributed by atoms with van der Waals surface area (Å²) < 4.78 is 0. The van der Waals surface area contributed by atoms with Crippen molar-refractivity contribution in [3.8, 4) is 0 Å². The first-order valence-electron chi connectivity index (χ1n) is 6.06. The first-order valence-corrected chi connectivity index (χ1v) is 6.06. The Morgan fingerprint density at radius 1 is 0.786 bits per heavy atom. The zero-order valence-corrected chi connectivity index (χ0v) is 9.71. The van der Waals surface area contributed by atoms with Crippen LogP contribution < -0.4 is 0 Å². The van der Waals surface area contributed by atoms with Gasteiger partial charge in [-0.15, -0.1) is 0 Å². The summed E-state index contributed by atoms with van der Waals surface area (Å²) in [7, 11) is 0. The maximum absolute atomic E-state index is 9.59. The molecule has 0 spiro atoms. The van der Waals surface area contributed by atoms with Gasteiger partial charge in [0.1, 0.15) is 0 Å². The van der Waals surface area contributed by atoms with Crippen molar-refractivity contribution in [2.75, 3.05) is 0 Å². The number of rotatable bonds is 9. The van der Waals surface area contributed by atoms with Gasteiger partial charge in [0.05, 0.1) is 12.2 Å². The van der Waals surface area contributed by atoms with E-state index < -0.39 is 0 Å². The lowest BCUT2D eigenvalue weighted by molar-refractivity contribution is 0.0684. The van der Waals surface area contributed by atoms with Gasteiger partial charge >= 0.3 is 0 Å². The highest BCUT2D eigenvalue weighted by Crippen LogP contribution is 2.12. The van der Waals surface area contributed by atoms with Crippen molar-refractivity contribution in [1.29, 1.82) is 0 Å². The average molecular weight is 202 g/mol. The van der Waals surface area contributed by atoms with E-state index in [1.807, 2.05) is 0 Å². The van der Waals surface area contributed by atoms with Crippen molar-refractivity contribution in [2.45, 2.75) is 77.4 Å². The van der Waals surface area contributed by atoms with Gasteiger partial charge in [0.25, 0.3) is 0 Å². The molecule has 14 heavy (non-hydrogen) atoms. The van der Waals surface area contributed by atoms with Crippen molar-refractivity contribution < 1.29 is 10.2 Å². The number of aliphatic hydroxyl groups excluding tert-OH is 2. The molecule has 0 aliphatic carbocycles. The lowest BCUT2D eigenvalue weighted by Crippen LogP contribution is -2.17. The van der Waals surface area contributed by atoms with Crippen LogP contribution in [0, 0.1) is 0 Å². The fourth-order valence-electron chi connectivity index (χ4n) is 1.62. The molecule has 0 aliphatic rings. The van der Waals surface area contributed by atoms with Gasteiger partial charge in [0.2, 0.25) is 0 Å². The molecular formula is C12H26O2. The van der Waals surface area contributed by atoms with E-state index in [4.69, 9.17) is 0 Å². The predicted molar refractivity (Wildman–Crippen MR) is 60.3 cm³/mol. The van der Waals surface area contributed by atoms with E-state index in [0.29, 0.717) is 6.42 Å². The van der Waals surface area contributed by atoms with Crippen molar-refractivity contribution >= 4 is 0 Å². The lowest BCUT2D eigenvalue weighted by atomic mass is 10.0. The Morgan fingerprint density at radius 2 is 1.29 bits per heavy atom. The Morgan fingerprint density at radius 3 is 1.79 bits per heavy atom. The van der Waals surface area contributed by atoms with Crippen LogP contribution in [0.4, 0.5) is 0 Å². The van der Waals surface area contributed by atoms with Gasteiger partial charge in [-0.05, 0) is 19.3 Å². The molecule has 0 radical (unpaired) electrons. The molecule has 2 nitrogen and oxygen atoms in total. The summed E-state index contributed by atoms with van der Waals surface area (Å²) in [6.07, 6.45) is 7.26. The molecule has 0 rings (SSSR count). The summed E-state index contributed by atoms with van der Waals surface area (Å²) in [6.45, 7) is 4.27. The van der Waals surface area contributed by atoms with E-state index in [-0.39, 0.29) is 12.2 Å². The quantitative estimate of drug-likeness (QED) is 0.564. The second-order valence-electron chi connectivity index (χ2n) is 4.18. The lowest BCUT2D eigenvalue weighted by Gasteiger charge is -2.15. The van der Waals surface area contributed by atoms with Crippen LogP contribution in [0.1, 0.15) is 65.2 Å². The maximum Gasteiger partial charge on any atom is 0.0564 e. The van der Waals surface area contributed by atoms with Crippen LogP contribution in [0.3, 0.4) is 0 Å². The zero-order valence-electron chi connectivity index (χ0n) is 9.71. The van der Waals surface area contributed by atoms with Crippen LogP contribution in [0.5, 0.6) is 0 Å². The number of hydrogen-bond donors (Lipinski definition) is 2. The predicted octanol–water partition coefficient (Wildman–Crippen LogP) is 2.87. The summed E-state index contributed by atoms with van der Waals surface area (Å²) in [5.41, 5.74) is 0. The molecule has 0 saturated carbocycles. The van der Waals surface area contributed by atoms with Crippen molar-refractivity contribution in [3.05, 3.63) is 0 Å². The molecule has 0 fully saturated rings. The Kier molecular flexibility index (Phi) is 9.42. The molecule has 0 saturated heterocycles. The smallest absolute Gasteiger partial charge is 0.0564 e. The molecular weight excluding hydrogens is 176 g/mol. The third kappa shape index (κ3) is 8.52. The van der Waals surface area contributed by atoms with Gasteiger partial charge in [-0.1, -0.05) is 46.0 Å². The fourth-order valence-corrected chi connectivity index (χ4v) is 1.62. The Balaban J connectivity index is 3.35. The molecule has 86 valence electrons. The Labute approximate surface area is 88.3 Å². The summed E-state index contributed by atoms with van der Waals surface area (Å²) in [5.74, 6) is 0. The topological polar surface area (TPSA) is 40.5 Å². The molecule has 2 heteroatoms. The summed E-state index contributed by atoms with van der Waals surface area (Å²) in [6, 6.07) is 0. The molecule has 0 bridgehead atoms. The van der Waals surface area contributed by atoms with Gasteiger partial charge in [0, 0.05) is 0 Å². The summed E-state index contributed by atoms with van der Waals surface area (Å²) in [4.78, 5) is 0. The number of aliphatic hydroxyl groups is 2. The van der Waals surface area contributed by atoms with Crippen LogP contribution in [-0.2, 0) is 0 Å². The molecule has 0 aromatic carbocycles. The highest BCUT2D eigenvalue weighted by atomic mass is 16.3. The highest BCUT2D eigenvalue weighted by Gasteiger charge is 2.10. The van der Waals surface area contributed by atoms with Crippen LogP contribution >= 0.6 is 0 Å². The minimum atomic E-state index is -0.299. The van der Waals surface area contributed by atoms with Crippen molar-refractivity contribution in [2.24, 2.45) is 0 Å². The standard InChI is InChI=1S/C12H26O2/c1-3-5-7-9-12(14)10-11(13)8-6-4-2/h11-14H,3-10H2,1-2H3/t11-,12+/m1/s1. The molecule has 0 amide bonds. The molecule has 0 aromatic heterocycles. The minimum Gasteiger partial charge on any atom is -0.393 e. The highest BCUT2D eigenvalue weighted by molar-refractivity contribution is 4.63. The van der Waals surface area contributed by atoms with E-state index in [2.05, 4.69) is 13.8 Å². The van der Waals surface area contributed by atoms with E-state index in [9.17, 15) is 10.2 Å². The van der Waals surface area contributed by atoms with Crippen LogP contribution in [0.2, 0.25) is 0 Å². The number of unbranched alkanes of at least 4 members (excludes halogenated alkanes) is 3. The third-order valence-corrected chi connectivity index (χ3v) is 2.58. The molecule has 0 aromatic rings. The van der Waals surface area contributed by atoms with E-state index >= 15 is 0 Å². The van der Waals surface area contributed by atoms with Crippen LogP contribution in [-0.4, -0.2) is 22.4 Å². The minimum absolute atomic E-state index is 0.298. The normalized spacial score (nSPS) is 15.4. The molecule has 0 heterocycles. The largest absolute Gasteiger partial charge is 0.393 e. The van der Waals surface area contributed by atoms with Gasteiger partial charge < -0.3 is 10.2 Å². The average Bonchev–Trinajstić information content (AvgIpc) is 2.15. The molecule has 0 aliphatic heterocycles. The summed E-state index contributed by atoms with van der Waals surface area (Å²) in [5, 5.41) is 19.1. The van der Waals surface area contributed by atoms with Gasteiger partial charge in [-0.2, -0.15) is 0 Å². The van der Waals surface area contributed by atoms with Gasteiger partial charge in [-0.3, -0.25) is 0 Å². The Hall–Kier alpha value is -0.0800. The molecule has 2 N–H and O–H groups in total. The SMILES string of the molecule is CCCCC[C@H](O)C[C@H](O)CCCC. The van der Waals surface area contributed by atoms with Crippen LogP contribution in [0.25, 0.3) is 0 Å². The Bertz CT molecular complexity index is 115. The van der Waals surface area contributed by atoms with Gasteiger partial charge in [0.15, 0.2) is 0 Å².